The highest BCUT2D eigenvalue weighted by Crippen LogP contribution is 2.25. The monoisotopic (exact) mass is 271 g/mol. The summed E-state index contributed by atoms with van der Waals surface area (Å²) < 4.78 is 5.62. The van der Waals surface area contributed by atoms with Crippen molar-refractivity contribution in [2.45, 2.75) is 53.6 Å². The van der Waals surface area contributed by atoms with E-state index in [0.29, 0.717) is 6.04 Å². The Kier molecular flexibility index (Phi) is 4.34. The van der Waals surface area contributed by atoms with Crippen LogP contribution in [0.4, 0.5) is 0 Å². The Balaban J connectivity index is 2.14. The summed E-state index contributed by atoms with van der Waals surface area (Å²) in [5.41, 5.74) is 5.22. The molecule has 108 valence electrons. The first kappa shape index (κ1) is 14.9. The van der Waals surface area contributed by atoms with Gasteiger partial charge in [-0.05, 0) is 53.2 Å². The van der Waals surface area contributed by atoms with Crippen molar-refractivity contribution in [2.24, 2.45) is 0 Å². The van der Waals surface area contributed by atoms with E-state index >= 15 is 0 Å². The Hall–Kier alpha value is -1.54. The average Bonchev–Trinajstić information content (AvgIpc) is 2.67. The first-order valence-electron chi connectivity index (χ1n) is 7.28. The molecule has 2 heteroatoms. The Morgan fingerprint density at radius 1 is 0.850 bits per heavy atom. The third kappa shape index (κ3) is 3.31. The van der Waals surface area contributed by atoms with Gasteiger partial charge >= 0.3 is 0 Å². The number of aryl methyl sites for hydroxylation is 4. The highest BCUT2D eigenvalue weighted by molar-refractivity contribution is 5.31. The molecule has 1 heterocycles. The highest BCUT2D eigenvalue weighted by Gasteiger charge is 2.16. The van der Waals surface area contributed by atoms with Crippen LogP contribution in [0, 0.1) is 27.7 Å². The molecule has 0 aliphatic heterocycles. The molecule has 1 N–H and O–H groups in total. The second-order valence-electron chi connectivity index (χ2n) is 5.90. The predicted octanol–water partition coefficient (Wildman–Crippen LogP) is 4.93. The van der Waals surface area contributed by atoms with Crippen molar-refractivity contribution in [3.8, 4) is 0 Å². The van der Waals surface area contributed by atoms with Crippen LogP contribution in [-0.4, -0.2) is 0 Å². The van der Waals surface area contributed by atoms with E-state index in [-0.39, 0.29) is 6.04 Å². The molecule has 0 saturated heterocycles. The second kappa shape index (κ2) is 5.84. The van der Waals surface area contributed by atoms with E-state index < -0.39 is 0 Å². The zero-order valence-corrected chi connectivity index (χ0v) is 13.4. The fourth-order valence-corrected chi connectivity index (χ4v) is 2.90. The van der Waals surface area contributed by atoms with Crippen LogP contribution in [-0.2, 0) is 0 Å². The fraction of sp³-hybridized carbons (Fsp3) is 0.444. The number of rotatable bonds is 4. The molecule has 0 aliphatic rings. The molecular weight excluding hydrogens is 246 g/mol. The van der Waals surface area contributed by atoms with E-state index in [0.717, 1.165) is 11.5 Å². The van der Waals surface area contributed by atoms with E-state index in [4.69, 9.17) is 4.42 Å². The van der Waals surface area contributed by atoms with Gasteiger partial charge in [0.2, 0.25) is 0 Å². The molecule has 0 bridgehead atoms. The van der Waals surface area contributed by atoms with Gasteiger partial charge in [0.25, 0.3) is 0 Å². The van der Waals surface area contributed by atoms with Gasteiger partial charge in [0, 0.05) is 17.6 Å². The minimum atomic E-state index is 0.281. The lowest BCUT2D eigenvalue weighted by Gasteiger charge is -2.21. The number of nitrogens with one attached hydrogen (secondary N) is 1. The van der Waals surface area contributed by atoms with Crippen molar-refractivity contribution in [3.05, 3.63) is 58.0 Å². The van der Waals surface area contributed by atoms with Crippen LogP contribution in [0.25, 0.3) is 0 Å². The lowest BCUT2D eigenvalue weighted by atomic mass is 10.0. The molecule has 2 aromatic rings. The van der Waals surface area contributed by atoms with E-state index in [9.17, 15) is 0 Å². The minimum absolute atomic E-state index is 0.281. The fourth-order valence-electron chi connectivity index (χ4n) is 2.90. The number of hydrogen-bond acceptors (Lipinski definition) is 2. The molecule has 1 aromatic heterocycles. The normalized spacial score (nSPS) is 14.3. The molecule has 2 unspecified atom stereocenters. The van der Waals surface area contributed by atoms with Gasteiger partial charge in [-0.25, -0.2) is 0 Å². The maximum Gasteiger partial charge on any atom is 0.105 e. The molecule has 0 aliphatic carbocycles. The third-order valence-corrected chi connectivity index (χ3v) is 3.79. The lowest BCUT2D eigenvalue weighted by molar-refractivity contribution is 0.468. The van der Waals surface area contributed by atoms with Crippen LogP contribution in [0.15, 0.2) is 28.7 Å². The SMILES string of the molecule is Cc1cc(C)cc(C(C)NC(C)c2cc(C)oc2C)c1. The largest absolute Gasteiger partial charge is 0.466 e. The number of furan rings is 1. The first-order valence-corrected chi connectivity index (χ1v) is 7.28. The Morgan fingerprint density at radius 2 is 1.45 bits per heavy atom. The zero-order chi connectivity index (χ0) is 14.9. The maximum atomic E-state index is 5.62. The van der Waals surface area contributed by atoms with Crippen molar-refractivity contribution < 1.29 is 4.42 Å². The van der Waals surface area contributed by atoms with Crippen LogP contribution in [0.3, 0.4) is 0 Å². The summed E-state index contributed by atoms with van der Waals surface area (Å²) in [5, 5.41) is 3.66. The summed E-state index contributed by atoms with van der Waals surface area (Å²) in [4.78, 5) is 0. The van der Waals surface area contributed by atoms with Gasteiger partial charge in [-0.15, -0.1) is 0 Å². The second-order valence-corrected chi connectivity index (χ2v) is 5.90. The Labute approximate surface area is 122 Å². The summed E-state index contributed by atoms with van der Waals surface area (Å²) in [6.07, 6.45) is 0. The van der Waals surface area contributed by atoms with Gasteiger partial charge in [-0.1, -0.05) is 29.3 Å². The Bertz CT molecular complexity index is 577. The van der Waals surface area contributed by atoms with Gasteiger partial charge in [0.05, 0.1) is 0 Å². The summed E-state index contributed by atoms with van der Waals surface area (Å²) in [6.45, 7) is 12.7. The van der Waals surface area contributed by atoms with Crippen molar-refractivity contribution in [1.82, 2.24) is 5.32 Å². The number of hydrogen-bond donors (Lipinski definition) is 1. The van der Waals surface area contributed by atoms with Gasteiger partial charge in [-0.3, -0.25) is 0 Å². The van der Waals surface area contributed by atoms with Crippen LogP contribution >= 0.6 is 0 Å². The Morgan fingerprint density at radius 3 is 1.95 bits per heavy atom. The lowest BCUT2D eigenvalue weighted by Crippen LogP contribution is -2.22. The molecule has 20 heavy (non-hydrogen) atoms. The molecule has 0 saturated carbocycles. The predicted molar refractivity (Wildman–Crippen MR) is 84.1 cm³/mol. The molecule has 0 spiro atoms. The molecule has 1 aromatic carbocycles. The van der Waals surface area contributed by atoms with Crippen LogP contribution in [0.1, 0.15) is 59.7 Å². The highest BCUT2D eigenvalue weighted by atomic mass is 16.3. The topological polar surface area (TPSA) is 25.2 Å². The standard InChI is InChI=1S/C18H25NO/c1-11-7-12(2)9-17(8-11)14(4)19-15(5)18-10-13(3)20-16(18)6/h7-10,14-15,19H,1-6H3. The molecule has 0 amide bonds. The van der Waals surface area contributed by atoms with E-state index in [1.54, 1.807) is 0 Å². The quantitative estimate of drug-likeness (QED) is 0.853. The zero-order valence-electron chi connectivity index (χ0n) is 13.4. The molecule has 2 rings (SSSR count). The molecule has 2 nitrogen and oxygen atoms in total. The van der Waals surface area contributed by atoms with Gasteiger partial charge < -0.3 is 9.73 Å². The summed E-state index contributed by atoms with van der Waals surface area (Å²) >= 11 is 0. The summed E-state index contributed by atoms with van der Waals surface area (Å²) in [7, 11) is 0. The molecule has 0 fully saturated rings. The van der Waals surface area contributed by atoms with Gasteiger partial charge in [0.1, 0.15) is 11.5 Å². The van der Waals surface area contributed by atoms with Crippen LogP contribution < -0.4 is 5.32 Å². The molecular formula is C18H25NO. The number of benzene rings is 1. The van der Waals surface area contributed by atoms with E-state index in [2.05, 4.69) is 57.3 Å². The van der Waals surface area contributed by atoms with Crippen LogP contribution in [0.2, 0.25) is 0 Å². The van der Waals surface area contributed by atoms with Crippen molar-refractivity contribution in [2.75, 3.05) is 0 Å². The van der Waals surface area contributed by atoms with Crippen molar-refractivity contribution in [3.63, 3.8) is 0 Å². The van der Waals surface area contributed by atoms with E-state index in [1.807, 2.05) is 13.8 Å². The average molecular weight is 271 g/mol. The van der Waals surface area contributed by atoms with Gasteiger partial charge in [-0.2, -0.15) is 0 Å². The smallest absolute Gasteiger partial charge is 0.105 e. The van der Waals surface area contributed by atoms with E-state index in [1.165, 1.54) is 22.3 Å². The maximum absolute atomic E-state index is 5.62. The van der Waals surface area contributed by atoms with Crippen LogP contribution in [0.5, 0.6) is 0 Å². The first-order chi connectivity index (χ1) is 9.36. The van der Waals surface area contributed by atoms with Crippen molar-refractivity contribution >= 4 is 0 Å². The third-order valence-electron chi connectivity index (χ3n) is 3.79. The molecule has 2 atom stereocenters. The van der Waals surface area contributed by atoms with Gasteiger partial charge in [0.15, 0.2) is 0 Å². The summed E-state index contributed by atoms with van der Waals surface area (Å²) in [5.74, 6) is 1.99. The van der Waals surface area contributed by atoms with Crippen molar-refractivity contribution in [1.29, 1.82) is 0 Å². The minimum Gasteiger partial charge on any atom is -0.466 e. The molecule has 0 radical (unpaired) electrons. The summed E-state index contributed by atoms with van der Waals surface area (Å²) in [6, 6.07) is 9.45.